The van der Waals surface area contributed by atoms with Crippen molar-refractivity contribution in [2.45, 2.75) is 17.8 Å². The molecule has 188 valence electrons. The minimum absolute atomic E-state index is 0.295. The average molecular weight is 495 g/mol. The van der Waals surface area contributed by atoms with E-state index >= 15 is 0 Å². The Balaban J connectivity index is 1.76. The fourth-order valence-corrected chi connectivity index (χ4v) is 5.38. The predicted octanol–water partition coefficient (Wildman–Crippen LogP) is 6.19. The molecule has 1 aliphatic heterocycles. The fourth-order valence-electron chi connectivity index (χ4n) is 5.38. The Kier molecular flexibility index (Phi) is 6.46. The van der Waals surface area contributed by atoms with Gasteiger partial charge in [-0.3, -0.25) is 4.79 Å². The van der Waals surface area contributed by atoms with Gasteiger partial charge in [0, 0.05) is 51.0 Å². The van der Waals surface area contributed by atoms with Crippen LogP contribution in [0.1, 0.15) is 28.2 Å². The smallest absolute Gasteiger partial charge is 0.323 e. The van der Waals surface area contributed by atoms with Gasteiger partial charge in [0.05, 0.1) is 0 Å². The molecule has 0 fully saturated rings. The van der Waals surface area contributed by atoms with Gasteiger partial charge in [-0.05, 0) is 65.6 Å². The van der Waals surface area contributed by atoms with Gasteiger partial charge in [0.15, 0.2) is 0 Å². The monoisotopic (exact) mass is 494 g/mol. The first-order valence-corrected chi connectivity index (χ1v) is 12.4. The van der Waals surface area contributed by atoms with Crippen molar-refractivity contribution in [3.05, 3.63) is 125 Å². The first kappa shape index (κ1) is 24.6. The topological polar surface area (TPSA) is 32.8 Å². The van der Waals surface area contributed by atoms with Gasteiger partial charge >= 0.3 is 5.97 Å². The number of nitrogens with zero attached hydrogens (tertiary/aromatic N) is 2. The van der Waals surface area contributed by atoms with Crippen LogP contribution >= 0.6 is 0 Å². The number of ether oxygens (including phenoxy) is 1. The number of hydrogen-bond acceptors (Lipinski definition) is 4. The lowest BCUT2D eigenvalue weighted by atomic mass is 9.63. The van der Waals surface area contributed by atoms with Gasteiger partial charge < -0.3 is 14.5 Å². The van der Waals surface area contributed by atoms with Gasteiger partial charge in [-0.15, -0.1) is 0 Å². The van der Waals surface area contributed by atoms with Gasteiger partial charge in [0.1, 0.15) is 17.0 Å². The van der Waals surface area contributed by atoms with Crippen LogP contribution in [-0.2, 0) is 16.6 Å². The summed E-state index contributed by atoms with van der Waals surface area (Å²) in [6.07, 6.45) is 0.374. The second-order valence-electron chi connectivity index (χ2n) is 10.1. The van der Waals surface area contributed by atoms with E-state index in [0.29, 0.717) is 12.2 Å². The third-order valence-electron chi connectivity index (χ3n) is 7.31. The number of para-hydroxylation sites is 1. The standard InChI is InChI=1S/C32H31FN2O2/c1-34(2)26-17-11-23(12-18-26)30(24-13-19-27(20-14-24)35(3)4)32(21-22-9-15-25(33)16-10-22)28-7-5-6-8-29(28)37-31(32)36/h5-20,30H,21H2,1-4H3/t32-/m1/s1. The lowest BCUT2D eigenvalue weighted by Gasteiger charge is -2.36. The van der Waals surface area contributed by atoms with E-state index in [1.807, 2.05) is 52.5 Å². The summed E-state index contributed by atoms with van der Waals surface area (Å²) in [6, 6.07) is 30.8. The van der Waals surface area contributed by atoms with E-state index in [1.54, 1.807) is 12.1 Å². The molecule has 1 atom stereocenters. The lowest BCUT2D eigenvalue weighted by Crippen LogP contribution is -2.42. The number of anilines is 2. The van der Waals surface area contributed by atoms with Crippen LogP contribution in [0, 0.1) is 5.82 Å². The summed E-state index contributed by atoms with van der Waals surface area (Å²) in [5.74, 6) is -0.353. The molecule has 37 heavy (non-hydrogen) atoms. The van der Waals surface area contributed by atoms with Crippen LogP contribution in [0.5, 0.6) is 5.75 Å². The summed E-state index contributed by atoms with van der Waals surface area (Å²) in [6.45, 7) is 0. The Morgan fingerprint density at radius 1 is 0.730 bits per heavy atom. The molecule has 1 heterocycles. The highest BCUT2D eigenvalue weighted by Gasteiger charge is 2.55. The molecule has 0 saturated carbocycles. The van der Waals surface area contributed by atoms with E-state index in [4.69, 9.17) is 4.74 Å². The maximum absolute atomic E-state index is 14.1. The number of carbonyl (C=O) groups excluding carboxylic acids is 1. The van der Waals surface area contributed by atoms with Crippen LogP contribution in [0.2, 0.25) is 0 Å². The normalized spacial score (nSPS) is 16.4. The van der Waals surface area contributed by atoms with Crippen molar-refractivity contribution < 1.29 is 13.9 Å². The molecule has 0 unspecified atom stereocenters. The molecular formula is C32H31FN2O2. The zero-order chi connectivity index (χ0) is 26.2. The summed E-state index contributed by atoms with van der Waals surface area (Å²) in [4.78, 5) is 18.2. The van der Waals surface area contributed by atoms with E-state index in [1.165, 1.54) is 12.1 Å². The summed E-state index contributed by atoms with van der Waals surface area (Å²) in [5.41, 5.74) is 4.86. The number of benzene rings is 4. The van der Waals surface area contributed by atoms with Crippen LogP contribution in [0.4, 0.5) is 15.8 Å². The second kappa shape index (κ2) is 9.74. The van der Waals surface area contributed by atoms with E-state index in [9.17, 15) is 9.18 Å². The number of rotatable bonds is 7. The molecule has 5 heteroatoms. The summed E-state index contributed by atoms with van der Waals surface area (Å²) >= 11 is 0. The summed E-state index contributed by atoms with van der Waals surface area (Å²) < 4.78 is 19.7. The van der Waals surface area contributed by atoms with Gasteiger partial charge in [0.2, 0.25) is 0 Å². The van der Waals surface area contributed by atoms with E-state index in [-0.39, 0.29) is 17.7 Å². The van der Waals surface area contributed by atoms with Gasteiger partial charge in [-0.2, -0.15) is 0 Å². The van der Waals surface area contributed by atoms with Crippen molar-refractivity contribution in [1.29, 1.82) is 0 Å². The van der Waals surface area contributed by atoms with Crippen molar-refractivity contribution in [3.63, 3.8) is 0 Å². The third-order valence-corrected chi connectivity index (χ3v) is 7.31. The minimum atomic E-state index is -1.03. The van der Waals surface area contributed by atoms with E-state index < -0.39 is 5.41 Å². The number of fused-ring (bicyclic) bond motifs is 1. The third kappa shape index (κ3) is 4.46. The molecule has 4 nitrogen and oxygen atoms in total. The Bertz CT molecular complexity index is 1340. The van der Waals surface area contributed by atoms with Crippen molar-refractivity contribution in [2.75, 3.05) is 38.0 Å². The molecule has 0 amide bonds. The number of carbonyl (C=O) groups is 1. The Hall–Kier alpha value is -4.12. The van der Waals surface area contributed by atoms with Gasteiger partial charge in [-0.1, -0.05) is 54.6 Å². The first-order chi connectivity index (χ1) is 17.8. The van der Waals surface area contributed by atoms with Crippen LogP contribution in [-0.4, -0.2) is 34.2 Å². The molecule has 0 radical (unpaired) electrons. The molecule has 4 aromatic carbocycles. The second-order valence-corrected chi connectivity index (χ2v) is 10.1. The fraction of sp³-hybridized carbons (Fsp3) is 0.219. The van der Waals surface area contributed by atoms with Crippen molar-refractivity contribution in [3.8, 4) is 5.75 Å². The molecule has 0 saturated heterocycles. The maximum Gasteiger partial charge on any atom is 0.323 e. The SMILES string of the molecule is CN(C)c1ccc(C(c2ccc(N(C)C)cc2)[C@]2(Cc3ccc(F)cc3)C(=O)Oc3ccccc32)cc1. The van der Waals surface area contributed by atoms with Gasteiger partial charge in [-0.25, -0.2) is 4.39 Å². The van der Waals surface area contributed by atoms with E-state index in [2.05, 4.69) is 58.3 Å². The Morgan fingerprint density at radius 2 is 1.24 bits per heavy atom. The molecule has 0 aromatic heterocycles. The maximum atomic E-state index is 14.1. The van der Waals surface area contributed by atoms with Crippen molar-refractivity contribution >= 4 is 17.3 Å². The summed E-state index contributed by atoms with van der Waals surface area (Å²) in [7, 11) is 8.03. The molecule has 5 rings (SSSR count). The minimum Gasteiger partial charge on any atom is -0.426 e. The highest BCUT2D eigenvalue weighted by atomic mass is 19.1. The Morgan fingerprint density at radius 3 is 1.76 bits per heavy atom. The van der Waals surface area contributed by atoms with Crippen molar-refractivity contribution in [1.82, 2.24) is 0 Å². The molecule has 0 bridgehead atoms. The largest absolute Gasteiger partial charge is 0.426 e. The van der Waals surface area contributed by atoms with Crippen LogP contribution in [0.3, 0.4) is 0 Å². The Labute approximate surface area is 217 Å². The number of esters is 1. The average Bonchev–Trinajstić information content (AvgIpc) is 3.17. The van der Waals surface area contributed by atoms with Gasteiger partial charge in [0.25, 0.3) is 0 Å². The molecule has 1 aliphatic rings. The first-order valence-electron chi connectivity index (χ1n) is 12.4. The molecule has 0 aliphatic carbocycles. The number of halogens is 1. The van der Waals surface area contributed by atoms with Crippen LogP contribution in [0.25, 0.3) is 0 Å². The molecule has 0 spiro atoms. The lowest BCUT2D eigenvalue weighted by molar-refractivity contribution is -0.138. The zero-order valence-corrected chi connectivity index (χ0v) is 21.6. The van der Waals surface area contributed by atoms with Crippen LogP contribution in [0.15, 0.2) is 97.1 Å². The van der Waals surface area contributed by atoms with Crippen molar-refractivity contribution in [2.24, 2.45) is 0 Å². The highest BCUT2D eigenvalue weighted by molar-refractivity contribution is 5.93. The highest BCUT2D eigenvalue weighted by Crippen LogP contribution is 2.53. The van der Waals surface area contributed by atoms with E-state index in [0.717, 1.165) is 33.6 Å². The zero-order valence-electron chi connectivity index (χ0n) is 21.6. The quantitative estimate of drug-likeness (QED) is 0.227. The predicted molar refractivity (Wildman–Crippen MR) is 147 cm³/mol. The number of hydrogen-bond donors (Lipinski definition) is 0. The summed E-state index contributed by atoms with van der Waals surface area (Å²) in [5, 5.41) is 0. The molecule has 4 aromatic rings. The van der Waals surface area contributed by atoms with Crippen LogP contribution < -0.4 is 14.5 Å². The molecule has 0 N–H and O–H groups in total. The molecular weight excluding hydrogens is 463 g/mol.